The molecule has 31 heavy (non-hydrogen) atoms. The Morgan fingerprint density at radius 1 is 1.03 bits per heavy atom. The van der Waals surface area contributed by atoms with E-state index in [2.05, 4.69) is 10.0 Å². The van der Waals surface area contributed by atoms with Gasteiger partial charge in [0.25, 0.3) is 10.2 Å². The van der Waals surface area contributed by atoms with E-state index in [0.717, 1.165) is 22.7 Å². The highest BCUT2D eigenvalue weighted by atomic mass is 32.2. The van der Waals surface area contributed by atoms with Crippen molar-refractivity contribution in [1.29, 1.82) is 0 Å². The van der Waals surface area contributed by atoms with Gasteiger partial charge in [-0.2, -0.15) is 8.42 Å². The zero-order valence-electron chi connectivity index (χ0n) is 17.0. The van der Waals surface area contributed by atoms with Crippen LogP contribution < -0.4 is 15.2 Å². The van der Waals surface area contributed by atoms with Crippen molar-refractivity contribution in [1.82, 2.24) is 15.0 Å². The minimum absolute atomic E-state index is 0.0139. The van der Waals surface area contributed by atoms with Crippen LogP contribution in [-0.2, 0) is 10.2 Å². The number of hydrogen-bond acceptors (Lipinski definition) is 6. The number of carbonyl (C=O) groups is 1. The van der Waals surface area contributed by atoms with Gasteiger partial charge in [0.05, 0.1) is 18.3 Å². The number of aromatic nitrogens is 1. The highest BCUT2D eigenvalue weighted by Crippen LogP contribution is 2.28. The predicted molar refractivity (Wildman–Crippen MR) is 124 cm³/mol. The first-order valence-corrected chi connectivity index (χ1v) is 12.4. The van der Waals surface area contributed by atoms with E-state index in [1.54, 1.807) is 23.5 Å². The Balaban J connectivity index is 1.65. The first-order valence-electron chi connectivity index (χ1n) is 10.0. The highest BCUT2D eigenvalue weighted by Gasteiger charge is 2.17. The molecule has 9 heteroatoms. The fourth-order valence-corrected chi connectivity index (χ4v) is 4.45. The molecule has 0 aliphatic heterocycles. The number of nitrogens with zero attached hydrogens (tertiary/aromatic N) is 1. The van der Waals surface area contributed by atoms with Gasteiger partial charge >= 0.3 is 0 Å². The van der Waals surface area contributed by atoms with Crippen LogP contribution in [0.2, 0.25) is 0 Å². The monoisotopic (exact) mass is 458 g/mol. The molecule has 0 bridgehead atoms. The second-order valence-corrected chi connectivity index (χ2v) is 9.34. The van der Waals surface area contributed by atoms with Gasteiger partial charge in [-0.3, -0.25) is 4.79 Å². The standard InChI is InChI=1S/C22H26N4O3S2/c23-31(28,29)25-14-8-7-13-19(24-15-21(27)17-9-3-1-4-10-17)20-16-30-22(26-20)18-11-5-2-6-12-18/h1-6,9-12,16,19,24-25H,7-8,13-15H2,(H2,23,28,29). The Bertz CT molecular complexity index is 1070. The maximum atomic E-state index is 12.5. The lowest BCUT2D eigenvalue weighted by atomic mass is 10.1. The molecule has 0 aliphatic carbocycles. The summed E-state index contributed by atoms with van der Waals surface area (Å²) in [5.41, 5.74) is 2.59. The largest absolute Gasteiger partial charge is 0.301 e. The van der Waals surface area contributed by atoms with Gasteiger partial charge in [0, 0.05) is 23.1 Å². The molecular weight excluding hydrogens is 432 g/mol. The summed E-state index contributed by atoms with van der Waals surface area (Å²) in [5, 5.41) is 11.2. The van der Waals surface area contributed by atoms with Crippen molar-refractivity contribution in [3.63, 3.8) is 0 Å². The van der Waals surface area contributed by atoms with Crippen LogP contribution in [0.3, 0.4) is 0 Å². The zero-order valence-corrected chi connectivity index (χ0v) is 18.7. The third kappa shape index (κ3) is 7.64. The molecule has 7 nitrogen and oxygen atoms in total. The van der Waals surface area contributed by atoms with E-state index in [1.165, 1.54) is 0 Å². The molecule has 0 saturated carbocycles. The summed E-state index contributed by atoms with van der Waals surface area (Å²) in [6.07, 6.45) is 2.10. The quantitative estimate of drug-likeness (QED) is 0.285. The van der Waals surface area contributed by atoms with Crippen LogP contribution in [0.5, 0.6) is 0 Å². The van der Waals surface area contributed by atoms with Crippen LogP contribution in [0.1, 0.15) is 41.4 Å². The topological polar surface area (TPSA) is 114 Å². The van der Waals surface area contributed by atoms with Gasteiger partial charge in [0.2, 0.25) is 0 Å². The number of thiazole rings is 1. The van der Waals surface area contributed by atoms with Gasteiger partial charge in [-0.05, 0) is 12.8 Å². The van der Waals surface area contributed by atoms with Crippen LogP contribution in [0.4, 0.5) is 0 Å². The van der Waals surface area contributed by atoms with Crippen molar-refractivity contribution in [3.8, 4) is 10.6 Å². The van der Waals surface area contributed by atoms with E-state index in [1.807, 2.05) is 53.9 Å². The molecule has 3 rings (SSSR count). The van der Waals surface area contributed by atoms with E-state index >= 15 is 0 Å². The lowest BCUT2D eigenvalue weighted by Crippen LogP contribution is -2.31. The molecule has 1 aromatic heterocycles. The Morgan fingerprint density at radius 3 is 2.39 bits per heavy atom. The molecule has 164 valence electrons. The van der Waals surface area contributed by atoms with E-state index in [4.69, 9.17) is 10.1 Å². The summed E-state index contributed by atoms with van der Waals surface area (Å²) in [7, 11) is -3.68. The molecule has 0 aliphatic rings. The number of nitrogens with two attached hydrogens (primary N) is 1. The highest BCUT2D eigenvalue weighted by molar-refractivity contribution is 7.87. The summed E-state index contributed by atoms with van der Waals surface area (Å²) in [5.74, 6) is 0.0139. The summed E-state index contributed by atoms with van der Waals surface area (Å²) >= 11 is 1.56. The van der Waals surface area contributed by atoms with Crippen molar-refractivity contribution in [2.45, 2.75) is 25.3 Å². The average Bonchev–Trinajstić information content (AvgIpc) is 3.26. The molecule has 2 aromatic carbocycles. The number of rotatable bonds is 12. The van der Waals surface area contributed by atoms with Gasteiger partial charge in [-0.1, -0.05) is 67.1 Å². The van der Waals surface area contributed by atoms with Crippen molar-refractivity contribution in [2.75, 3.05) is 13.1 Å². The second-order valence-electron chi connectivity index (χ2n) is 7.10. The van der Waals surface area contributed by atoms with Crippen molar-refractivity contribution in [3.05, 3.63) is 77.3 Å². The van der Waals surface area contributed by atoms with E-state index in [0.29, 0.717) is 18.4 Å². The normalized spacial score (nSPS) is 12.5. The molecule has 0 radical (unpaired) electrons. The van der Waals surface area contributed by atoms with E-state index < -0.39 is 10.2 Å². The molecule has 0 spiro atoms. The lowest BCUT2D eigenvalue weighted by Gasteiger charge is -2.17. The fraction of sp³-hybridized carbons (Fsp3) is 0.273. The van der Waals surface area contributed by atoms with E-state index in [-0.39, 0.29) is 24.9 Å². The first-order chi connectivity index (χ1) is 14.9. The number of hydrogen-bond donors (Lipinski definition) is 3. The molecule has 1 atom stereocenters. The zero-order chi connectivity index (χ0) is 22.1. The Hall–Kier alpha value is -2.43. The Labute approximate surface area is 186 Å². The molecule has 1 heterocycles. The van der Waals surface area contributed by atoms with E-state index in [9.17, 15) is 13.2 Å². The number of benzene rings is 2. The van der Waals surface area contributed by atoms with Crippen molar-refractivity contribution < 1.29 is 13.2 Å². The van der Waals surface area contributed by atoms with Crippen molar-refractivity contribution >= 4 is 27.3 Å². The molecular formula is C22H26N4O3S2. The summed E-state index contributed by atoms with van der Waals surface area (Å²) in [6.45, 7) is 0.475. The smallest absolute Gasteiger partial charge is 0.274 e. The SMILES string of the molecule is NS(=O)(=O)NCCCCC(NCC(=O)c1ccccc1)c1csc(-c2ccccc2)n1. The van der Waals surface area contributed by atoms with Crippen LogP contribution in [0.15, 0.2) is 66.0 Å². The maximum absolute atomic E-state index is 12.5. The van der Waals surface area contributed by atoms with Crippen LogP contribution in [-0.4, -0.2) is 32.3 Å². The lowest BCUT2D eigenvalue weighted by molar-refractivity contribution is 0.0986. The van der Waals surface area contributed by atoms with Crippen LogP contribution >= 0.6 is 11.3 Å². The molecule has 1 unspecified atom stereocenters. The minimum Gasteiger partial charge on any atom is -0.301 e. The van der Waals surface area contributed by atoms with Crippen molar-refractivity contribution in [2.24, 2.45) is 5.14 Å². The molecule has 3 aromatic rings. The van der Waals surface area contributed by atoms with Gasteiger partial charge in [0.1, 0.15) is 5.01 Å². The summed E-state index contributed by atoms with van der Waals surface area (Å²) in [6, 6.07) is 19.0. The molecule has 4 N–H and O–H groups in total. The Kier molecular flexibility index (Phi) is 8.44. The predicted octanol–water partition coefficient (Wildman–Crippen LogP) is 3.29. The second kappa shape index (κ2) is 11.3. The minimum atomic E-state index is -3.68. The first kappa shape index (κ1) is 23.2. The summed E-state index contributed by atoms with van der Waals surface area (Å²) < 4.78 is 24.3. The third-order valence-corrected chi connectivity index (χ3v) is 6.24. The number of carbonyl (C=O) groups excluding carboxylic acids is 1. The molecule has 0 saturated heterocycles. The average molecular weight is 459 g/mol. The number of Topliss-reactive ketones (excluding diaryl/α,β-unsaturated/α-hetero) is 1. The van der Waals surface area contributed by atoms with Gasteiger partial charge in [-0.25, -0.2) is 14.8 Å². The summed E-state index contributed by atoms with van der Waals surface area (Å²) in [4.78, 5) is 17.3. The number of ketones is 1. The Morgan fingerprint density at radius 2 is 1.71 bits per heavy atom. The third-order valence-electron chi connectivity index (χ3n) is 4.73. The van der Waals surface area contributed by atoms with Crippen LogP contribution in [0.25, 0.3) is 10.6 Å². The number of nitrogens with one attached hydrogen (secondary N) is 2. The van der Waals surface area contributed by atoms with Gasteiger partial charge in [0.15, 0.2) is 5.78 Å². The fourth-order valence-electron chi connectivity index (χ4n) is 3.14. The molecule has 0 amide bonds. The molecule has 0 fully saturated rings. The number of unbranched alkanes of at least 4 members (excludes halogenated alkanes) is 1. The van der Waals surface area contributed by atoms with Gasteiger partial charge in [-0.15, -0.1) is 11.3 Å². The van der Waals surface area contributed by atoms with Crippen LogP contribution in [0, 0.1) is 0 Å². The maximum Gasteiger partial charge on any atom is 0.274 e. The van der Waals surface area contributed by atoms with Gasteiger partial charge < -0.3 is 5.32 Å².